The molecule has 0 saturated heterocycles. The SMILES string of the molecule is C=C(CC)[C@H](C)[C@@H](O)CCC. The van der Waals surface area contributed by atoms with E-state index in [2.05, 4.69) is 20.4 Å². The first kappa shape index (κ1) is 10.7. The van der Waals surface area contributed by atoms with Gasteiger partial charge in [0.25, 0.3) is 0 Å². The van der Waals surface area contributed by atoms with E-state index in [-0.39, 0.29) is 12.0 Å². The van der Waals surface area contributed by atoms with Crippen LogP contribution in [0.1, 0.15) is 40.0 Å². The lowest BCUT2D eigenvalue weighted by Gasteiger charge is -2.19. The first-order valence-electron chi connectivity index (χ1n) is 4.49. The Balaban J connectivity index is 3.80. The van der Waals surface area contributed by atoms with Gasteiger partial charge in [-0.3, -0.25) is 0 Å². The molecule has 0 aliphatic heterocycles. The minimum absolute atomic E-state index is 0.188. The Labute approximate surface area is 70.1 Å². The smallest absolute Gasteiger partial charge is 0.0602 e. The minimum Gasteiger partial charge on any atom is -0.393 e. The van der Waals surface area contributed by atoms with Gasteiger partial charge in [-0.25, -0.2) is 0 Å². The summed E-state index contributed by atoms with van der Waals surface area (Å²) in [7, 11) is 0. The van der Waals surface area contributed by atoms with Crippen molar-refractivity contribution in [2.75, 3.05) is 0 Å². The van der Waals surface area contributed by atoms with E-state index in [1.54, 1.807) is 0 Å². The second-order valence-electron chi connectivity index (χ2n) is 3.16. The normalized spacial score (nSPS) is 16.0. The molecule has 0 aromatic carbocycles. The van der Waals surface area contributed by atoms with E-state index in [1.165, 1.54) is 0 Å². The summed E-state index contributed by atoms with van der Waals surface area (Å²) in [5.74, 6) is 0.264. The van der Waals surface area contributed by atoms with Crippen LogP contribution in [0.4, 0.5) is 0 Å². The van der Waals surface area contributed by atoms with Crippen LogP contribution in [0, 0.1) is 5.92 Å². The highest BCUT2D eigenvalue weighted by atomic mass is 16.3. The highest BCUT2D eigenvalue weighted by molar-refractivity contribution is 5.00. The minimum atomic E-state index is -0.188. The standard InChI is InChI=1S/C10H20O/c1-5-7-10(11)9(4)8(3)6-2/h9-11H,3,5-7H2,1-2,4H3/t9-,10-/m0/s1. The second-order valence-corrected chi connectivity index (χ2v) is 3.16. The summed E-state index contributed by atoms with van der Waals surface area (Å²) < 4.78 is 0. The zero-order chi connectivity index (χ0) is 8.85. The third-order valence-corrected chi connectivity index (χ3v) is 2.26. The van der Waals surface area contributed by atoms with Gasteiger partial charge in [-0.15, -0.1) is 0 Å². The molecule has 0 fully saturated rings. The maximum Gasteiger partial charge on any atom is 0.0602 e. The van der Waals surface area contributed by atoms with Crippen LogP contribution in [0.25, 0.3) is 0 Å². The van der Waals surface area contributed by atoms with Crippen molar-refractivity contribution in [3.8, 4) is 0 Å². The molecule has 66 valence electrons. The highest BCUT2D eigenvalue weighted by Gasteiger charge is 2.14. The van der Waals surface area contributed by atoms with Crippen LogP contribution in [0.2, 0.25) is 0 Å². The van der Waals surface area contributed by atoms with E-state index in [9.17, 15) is 5.11 Å². The summed E-state index contributed by atoms with van der Waals surface area (Å²) in [6.07, 6.45) is 2.72. The molecule has 0 bridgehead atoms. The van der Waals surface area contributed by atoms with Crippen LogP contribution in [-0.2, 0) is 0 Å². The average Bonchev–Trinajstić information content (AvgIpc) is 2.02. The van der Waals surface area contributed by atoms with Crippen molar-refractivity contribution >= 4 is 0 Å². The molecule has 0 radical (unpaired) electrons. The van der Waals surface area contributed by atoms with Crippen LogP contribution in [0.5, 0.6) is 0 Å². The van der Waals surface area contributed by atoms with E-state index < -0.39 is 0 Å². The summed E-state index contributed by atoms with van der Waals surface area (Å²) in [6, 6.07) is 0. The Bertz CT molecular complexity index is 118. The van der Waals surface area contributed by atoms with Crippen molar-refractivity contribution in [3.05, 3.63) is 12.2 Å². The van der Waals surface area contributed by atoms with Crippen LogP contribution in [0.15, 0.2) is 12.2 Å². The van der Waals surface area contributed by atoms with E-state index in [0.717, 1.165) is 24.8 Å². The molecular formula is C10H20O. The lowest BCUT2D eigenvalue weighted by Crippen LogP contribution is -2.18. The van der Waals surface area contributed by atoms with Crippen molar-refractivity contribution in [1.29, 1.82) is 0 Å². The van der Waals surface area contributed by atoms with Gasteiger partial charge in [0.1, 0.15) is 0 Å². The van der Waals surface area contributed by atoms with Gasteiger partial charge in [-0.1, -0.05) is 39.3 Å². The summed E-state index contributed by atoms with van der Waals surface area (Å²) >= 11 is 0. The fourth-order valence-corrected chi connectivity index (χ4v) is 1.14. The molecule has 0 rings (SSSR count). The Morgan fingerprint density at radius 1 is 1.45 bits per heavy atom. The molecule has 2 atom stereocenters. The third kappa shape index (κ3) is 3.57. The Morgan fingerprint density at radius 3 is 2.36 bits per heavy atom. The fraction of sp³-hybridized carbons (Fsp3) is 0.800. The molecule has 0 aromatic rings. The summed E-state index contributed by atoms with van der Waals surface area (Å²) in [5, 5.41) is 9.56. The van der Waals surface area contributed by atoms with E-state index in [0.29, 0.717) is 0 Å². The van der Waals surface area contributed by atoms with Gasteiger partial charge in [0.15, 0.2) is 0 Å². The quantitative estimate of drug-likeness (QED) is 0.607. The number of hydrogen-bond acceptors (Lipinski definition) is 1. The van der Waals surface area contributed by atoms with Gasteiger partial charge < -0.3 is 5.11 Å². The first-order chi connectivity index (χ1) is 5.13. The average molecular weight is 156 g/mol. The van der Waals surface area contributed by atoms with E-state index in [1.807, 2.05) is 6.92 Å². The molecule has 11 heavy (non-hydrogen) atoms. The molecule has 1 heteroatoms. The second kappa shape index (κ2) is 5.36. The summed E-state index contributed by atoms with van der Waals surface area (Å²) in [4.78, 5) is 0. The largest absolute Gasteiger partial charge is 0.393 e. The molecule has 0 unspecified atom stereocenters. The first-order valence-corrected chi connectivity index (χ1v) is 4.49. The number of aliphatic hydroxyl groups is 1. The molecule has 0 saturated carbocycles. The van der Waals surface area contributed by atoms with Crippen LogP contribution >= 0.6 is 0 Å². The molecule has 0 amide bonds. The number of rotatable bonds is 5. The van der Waals surface area contributed by atoms with Gasteiger partial charge in [-0.2, -0.15) is 0 Å². The van der Waals surface area contributed by atoms with Crippen molar-refractivity contribution in [3.63, 3.8) is 0 Å². The molecular weight excluding hydrogens is 136 g/mol. The van der Waals surface area contributed by atoms with Crippen molar-refractivity contribution < 1.29 is 5.11 Å². The molecule has 1 nitrogen and oxygen atoms in total. The highest BCUT2D eigenvalue weighted by Crippen LogP contribution is 2.18. The van der Waals surface area contributed by atoms with E-state index in [4.69, 9.17) is 0 Å². The summed E-state index contributed by atoms with van der Waals surface area (Å²) in [5.41, 5.74) is 1.16. The molecule has 0 heterocycles. The lowest BCUT2D eigenvalue weighted by molar-refractivity contribution is 0.121. The van der Waals surface area contributed by atoms with Gasteiger partial charge in [0, 0.05) is 5.92 Å². The predicted molar refractivity (Wildman–Crippen MR) is 49.5 cm³/mol. The molecule has 0 aliphatic rings. The zero-order valence-corrected chi connectivity index (χ0v) is 7.93. The van der Waals surface area contributed by atoms with Gasteiger partial charge >= 0.3 is 0 Å². The molecule has 0 aliphatic carbocycles. The Morgan fingerprint density at radius 2 is 2.00 bits per heavy atom. The van der Waals surface area contributed by atoms with Gasteiger partial charge in [-0.05, 0) is 12.8 Å². The van der Waals surface area contributed by atoms with Crippen LogP contribution < -0.4 is 0 Å². The van der Waals surface area contributed by atoms with E-state index >= 15 is 0 Å². The maximum atomic E-state index is 9.56. The topological polar surface area (TPSA) is 20.2 Å². The monoisotopic (exact) mass is 156 g/mol. The fourth-order valence-electron chi connectivity index (χ4n) is 1.14. The molecule has 0 aromatic heterocycles. The Kier molecular flexibility index (Phi) is 5.22. The predicted octanol–water partition coefficient (Wildman–Crippen LogP) is 2.75. The molecule has 0 spiro atoms. The van der Waals surface area contributed by atoms with Crippen LogP contribution in [0.3, 0.4) is 0 Å². The maximum absolute atomic E-state index is 9.56. The van der Waals surface area contributed by atoms with Crippen molar-refractivity contribution in [1.82, 2.24) is 0 Å². The Hall–Kier alpha value is -0.300. The number of aliphatic hydroxyl groups excluding tert-OH is 1. The zero-order valence-electron chi connectivity index (χ0n) is 7.93. The molecule has 1 N–H and O–H groups in total. The van der Waals surface area contributed by atoms with Crippen molar-refractivity contribution in [2.45, 2.75) is 46.1 Å². The van der Waals surface area contributed by atoms with Crippen molar-refractivity contribution in [2.24, 2.45) is 5.92 Å². The van der Waals surface area contributed by atoms with Crippen LogP contribution in [-0.4, -0.2) is 11.2 Å². The lowest BCUT2D eigenvalue weighted by atomic mass is 9.92. The van der Waals surface area contributed by atoms with Gasteiger partial charge in [0.05, 0.1) is 6.10 Å². The number of hydrogen-bond donors (Lipinski definition) is 1. The van der Waals surface area contributed by atoms with Gasteiger partial charge in [0.2, 0.25) is 0 Å². The summed E-state index contributed by atoms with van der Waals surface area (Å²) in [6.45, 7) is 10.1. The third-order valence-electron chi connectivity index (χ3n) is 2.26.